The fourth-order valence-electron chi connectivity index (χ4n) is 2.90. The molecular formula is C18H18F4N4O2. The zero-order chi connectivity index (χ0) is 20.5. The normalized spacial score (nSPS) is 20.4. The van der Waals surface area contributed by atoms with E-state index >= 15 is 0 Å². The molecule has 28 heavy (non-hydrogen) atoms. The first kappa shape index (κ1) is 20.0. The van der Waals surface area contributed by atoms with Crippen LogP contribution in [0, 0.1) is 5.82 Å². The van der Waals surface area contributed by atoms with Crippen molar-refractivity contribution < 1.29 is 27.1 Å². The molecule has 1 N–H and O–H groups in total. The number of nitrogens with one attached hydrogen (secondary N) is 1. The summed E-state index contributed by atoms with van der Waals surface area (Å²) in [4.78, 5) is 22.2. The maximum absolute atomic E-state index is 13.0. The van der Waals surface area contributed by atoms with Crippen LogP contribution in [0.25, 0.3) is 11.3 Å². The van der Waals surface area contributed by atoms with E-state index in [9.17, 15) is 22.4 Å². The highest BCUT2D eigenvalue weighted by atomic mass is 19.4. The molecule has 1 aromatic carbocycles. The molecule has 2 aromatic rings. The van der Waals surface area contributed by atoms with E-state index in [0.717, 1.165) is 0 Å². The maximum Gasteiger partial charge on any atom is 0.522 e. The van der Waals surface area contributed by atoms with Crippen molar-refractivity contribution in [2.24, 2.45) is 0 Å². The van der Waals surface area contributed by atoms with Crippen LogP contribution in [0.1, 0.15) is 13.8 Å². The minimum absolute atomic E-state index is 0.132. The van der Waals surface area contributed by atoms with E-state index < -0.39 is 24.6 Å². The number of benzene rings is 1. The Labute approximate surface area is 158 Å². The van der Waals surface area contributed by atoms with Crippen molar-refractivity contribution in [1.29, 1.82) is 0 Å². The van der Waals surface area contributed by atoms with Crippen molar-refractivity contribution in [2.75, 3.05) is 11.9 Å². The molecule has 0 spiro atoms. The molecule has 1 aliphatic heterocycles. The Morgan fingerprint density at radius 1 is 1.29 bits per heavy atom. The molecule has 1 fully saturated rings. The summed E-state index contributed by atoms with van der Waals surface area (Å²) in [6, 6.07) is 4.30. The Balaban J connectivity index is 1.62. The molecule has 0 saturated carbocycles. The molecule has 10 heteroatoms. The van der Waals surface area contributed by atoms with E-state index in [4.69, 9.17) is 0 Å². The Bertz CT molecular complexity index is 844. The lowest BCUT2D eigenvalue weighted by Gasteiger charge is -2.46. The topological polar surface area (TPSA) is 67.4 Å². The number of rotatable bonds is 5. The number of nitrogens with zero attached hydrogens (tertiary/aromatic N) is 3. The van der Waals surface area contributed by atoms with Crippen LogP contribution < -0.4 is 5.32 Å². The average Bonchev–Trinajstić information content (AvgIpc) is 2.64. The summed E-state index contributed by atoms with van der Waals surface area (Å²) in [6.45, 7) is 2.95. The van der Waals surface area contributed by atoms with Crippen molar-refractivity contribution in [3.05, 3.63) is 42.5 Å². The van der Waals surface area contributed by atoms with Gasteiger partial charge in [0.2, 0.25) is 5.91 Å². The van der Waals surface area contributed by atoms with E-state index in [2.05, 4.69) is 20.0 Å². The third kappa shape index (κ3) is 4.56. The number of anilines is 1. The predicted octanol–water partition coefficient (Wildman–Crippen LogP) is 3.22. The van der Waals surface area contributed by atoms with Crippen molar-refractivity contribution in [2.45, 2.75) is 38.4 Å². The van der Waals surface area contributed by atoms with Gasteiger partial charge in [-0.3, -0.25) is 14.5 Å². The zero-order valence-corrected chi connectivity index (χ0v) is 15.1. The molecule has 0 radical (unpaired) electrons. The first-order chi connectivity index (χ1) is 13.1. The van der Waals surface area contributed by atoms with Gasteiger partial charge in [0.1, 0.15) is 23.8 Å². The maximum atomic E-state index is 13.0. The molecule has 150 valence electrons. The van der Waals surface area contributed by atoms with Gasteiger partial charge < -0.3 is 10.2 Å². The van der Waals surface area contributed by atoms with Crippen LogP contribution in [0.3, 0.4) is 0 Å². The second-order valence-corrected chi connectivity index (χ2v) is 6.50. The van der Waals surface area contributed by atoms with Crippen LogP contribution in [0.2, 0.25) is 0 Å². The van der Waals surface area contributed by atoms with Gasteiger partial charge in [-0.1, -0.05) is 0 Å². The molecule has 1 saturated heterocycles. The number of hydrogen-bond acceptors (Lipinski definition) is 5. The van der Waals surface area contributed by atoms with Crippen molar-refractivity contribution in [3.8, 4) is 11.3 Å². The molecule has 1 aromatic heterocycles. The second kappa shape index (κ2) is 7.70. The number of hydrogen-bond donors (Lipinski definition) is 1. The fourth-order valence-corrected chi connectivity index (χ4v) is 2.90. The number of aromatic nitrogens is 2. The SMILES string of the molecule is C[C@@H](Nc1cncc(-c2ccc(F)cc2)n1)C(=O)N1C[C@H](OC(F)(F)F)[C@@H]1C. The summed E-state index contributed by atoms with van der Waals surface area (Å²) in [5.41, 5.74) is 1.14. The number of ether oxygens (including phenoxy) is 1. The largest absolute Gasteiger partial charge is 0.522 e. The Morgan fingerprint density at radius 2 is 1.96 bits per heavy atom. The number of likely N-dealkylation sites (tertiary alicyclic amines) is 1. The van der Waals surface area contributed by atoms with E-state index in [1.54, 1.807) is 19.1 Å². The van der Waals surface area contributed by atoms with Gasteiger partial charge in [0.05, 0.1) is 24.1 Å². The fraction of sp³-hybridized carbons (Fsp3) is 0.389. The summed E-state index contributed by atoms with van der Waals surface area (Å²) in [5, 5.41) is 2.89. The molecule has 3 rings (SSSR count). The smallest absolute Gasteiger partial charge is 0.357 e. The van der Waals surface area contributed by atoms with Crippen molar-refractivity contribution in [1.82, 2.24) is 14.9 Å². The van der Waals surface area contributed by atoms with Crippen molar-refractivity contribution in [3.63, 3.8) is 0 Å². The molecular weight excluding hydrogens is 380 g/mol. The summed E-state index contributed by atoms with van der Waals surface area (Å²) in [6.07, 6.45) is -2.88. The minimum atomic E-state index is -4.73. The first-order valence-corrected chi connectivity index (χ1v) is 8.53. The van der Waals surface area contributed by atoms with Gasteiger partial charge >= 0.3 is 6.36 Å². The van der Waals surface area contributed by atoms with Crippen LogP contribution in [0.15, 0.2) is 36.7 Å². The highest BCUT2D eigenvalue weighted by molar-refractivity contribution is 5.85. The van der Waals surface area contributed by atoms with Gasteiger partial charge in [-0.05, 0) is 38.1 Å². The van der Waals surface area contributed by atoms with Crippen LogP contribution in [0.4, 0.5) is 23.4 Å². The van der Waals surface area contributed by atoms with Crippen molar-refractivity contribution >= 4 is 11.7 Å². The lowest BCUT2D eigenvalue weighted by molar-refractivity contribution is -0.359. The van der Waals surface area contributed by atoms with E-state index in [1.807, 2.05) is 0 Å². The van der Waals surface area contributed by atoms with Crippen LogP contribution in [-0.2, 0) is 9.53 Å². The zero-order valence-electron chi connectivity index (χ0n) is 15.1. The minimum Gasteiger partial charge on any atom is -0.357 e. The quantitative estimate of drug-likeness (QED) is 0.784. The summed E-state index contributed by atoms with van der Waals surface area (Å²) in [7, 11) is 0. The van der Waals surface area contributed by atoms with E-state index in [-0.39, 0.29) is 18.3 Å². The summed E-state index contributed by atoms with van der Waals surface area (Å²) in [5.74, 6) is -0.427. The number of halogens is 4. The standard InChI is InChI=1S/C18H18F4N4O2/c1-10(17(27)26-9-15(11(26)2)28-18(20,21)22)24-16-8-23-7-14(25-16)12-3-5-13(19)6-4-12/h3-8,10-11,15H,9H2,1-2H3,(H,24,25)/t10-,11+,15+/m1/s1. The van der Waals surface area contributed by atoms with E-state index in [1.165, 1.54) is 36.4 Å². The van der Waals surface area contributed by atoms with Crippen LogP contribution in [0.5, 0.6) is 0 Å². The summed E-state index contributed by atoms with van der Waals surface area (Å²) < 4.78 is 53.9. The van der Waals surface area contributed by atoms with Gasteiger partial charge in [-0.25, -0.2) is 9.37 Å². The molecule has 0 unspecified atom stereocenters. The highest BCUT2D eigenvalue weighted by Gasteiger charge is 2.46. The third-order valence-electron chi connectivity index (χ3n) is 4.48. The first-order valence-electron chi connectivity index (χ1n) is 8.53. The van der Waals surface area contributed by atoms with Gasteiger partial charge in [0.15, 0.2) is 0 Å². The van der Waals surface area contributed by atoms with Gasteiger partial charge in [0.25, 0.3) is 0 Å². The average molecular weight is 398 g/mol. The molecule has 0 bridgehead atoms. The predicted molar refractivity (Wildman–Crippen MR) is 92.6 cm³/mol. The molecule has 1 aliphatic rings. The lowest BCUT2D eigenvalue weighted by Crippen LogP contribution is -2.64. The molecule has 3 atom stereocenters. The molecule has 2 heterocycles. The lowest BCUT2D eigenvalue weighted by atomic mass is 10.00. The summed E-state index contributed by atoms with van der Waals surface area (Å²) >= 11 is 0. The number of carbonyl (C=O) groups excluding carboxylic acids is 1. The Kier molecular flexibility index (Phi) is 5.50. The highest BCUT2D eigenvalue weighted by Crippen LogP contribution is 2.29. The Morgan fingerprint density at radius 3 is 2.57 bits per heavy atom. The van der Waals surface area contributed by atoms with Gasteiger partial charge in [-0.15, -0.1) is 13.2 Å². The molecule has 0 aliphatic carbocycles. The molecule has 6 nitrogen and oxygen atoms in total. The second-order valence-electron chi connectivity index (χ2n) is 6.50. The number of amides is 1. The third-order valence-corrected chi connectivity index (χ3v) is 4.48. The van der Waals surface area contributed by atoms with Crippen LogP contribution in [-0.4, -0.2) is 51.9 Å². The molecule has 1 amide bonds. The van der Waals surface area contributed by atoms with Gasteiger partial charge in [0, 0.05) is 12.1 Å². The van der Waals surface area contributed by atoms with E-state index in [0.29, 0.717) is 17.1 Å². The Hall–Kier alpha value is -2.75. The number of carbonyl (C=O) groups is 1. The number of alkyl halides is 3. The van der Waals surface area contributed by atoms with Gasteiger partial charge in [-0.2, -0.15) is 0 Å². The monoisotopic (exact) mass is 398 g/mol. The van der Waals surface area contributed by atoms with Crippen LogP contribution >= 0.6 is 0 Å².